The summed E-state index contributed by atoms with van der Waals surface area (Å²) < 4.78 is 1.63. The summed E-state index contributed by atoms with van der Waals surface area (Å²) in [4.78, 5) is 15.4. The lowest BCUT2D eigenvalue weighted by Gasteiger charge is -2.04. The average molecular weight is 372 g/mol. The lowest BCUT2D eigenvalue weighted by Crippen LogP contribution is -1.96. The van der Waals surface area contributed by atoms with E-state index < -0.39 is 5.97 Å². The molecule has 8 heteroatoms. The normalized spacial score (nSPS) is 11.3. The summed E-state index contributed by atoms with van der Waals surface area (Å²) in [5.74, 6) is -0.845. The van der Waals surface area contributed by atoms with E-state index in [1.165, 1.54) is 12.1 Å². The molecule has 4 aromatic rings. The molecule has 2 heterocycles. The molecule has 0 fully saturated rings. The van der Waals surface area contributed by atoms with Crippen LogP contribution in [0.25, 0.3) is 16.9 Å². The molecule has 0 atom stereocenters. The number of nitrogen functional groups attached to an aromatic ring is 1. The number of nitrogens with zero attached hydrogens (tertiary/aromatic N) is 5. The third-order valence-corrected chi connectivity index (χ3v) is 4.23. The predicted octanol–water partition coefficient (Wildman–Crippen LogP) is 4.40. The Labute approximate surface area is 160 Å². The Morgan fingerprint density at radius 1 is 1.11 bits per heavy atom. The molecule has 2 aromatic heterocycles. The topological polar surface area (TPSA) is 118 Å². The largest absolute Gasteiger partial charge is 0.478 e. The first-order chi connectivity index (χ1) is 13.5. The van der Waals surface area contributed by atoms with Crippen LogP contribution in [0.2, 0.25) is 0 Å². The Hall–Kier alpha value is -4.07. The molecule has 0 saturated carbocycles. The van der Waals surface area contributed by atoms with Gasteiger partial charge in [0.25, 0.3) is 0 Å². The Morgan fingerprint density at radius 2 is 1.89 bits per heavy atom. The molecule has 0 aliphatic heterocycles. The molecule has 8 nitrogen and oxygen atoms in total. The minimum Gasteiger partial charge on any atom is -0.478 e. The number of azo groups is 1. The van der Waals surface area contributed by atoms with Gasteiger partial charge in [0.1, 0.15) is 0 Å². The van der Waals surface area contributed by atoms with Crippen molar-refractivity contribution in [1.82, 2.24) is 14.6 Å². The van der Waals surface area contributed by atoms with Gasteiger partial charge in [0.05, 0.1) is 16.9 Å². The molecule has 3 N–H and O–H groups in total. The minimum atomic E-state index is -1.03. The molecule has 138 valence electrons. The van der Waals surface area contributed by atoms with Gasteiger partial charge in [0, 0.05) is 11.8 Å². The zero-order chi connectivity index (χ0) is 19.7. The number of anilines is 1. The number of rotatable bonds is 4. The van der Waals surface area contributed by atoms with Crippen molar-refractivity contribution >= 4 is 28.8 Å². The van der Waals surface area contributed by atoms with Gasteiger partial charge in [-0.3, -0.25) is 0 Å². The first kappa shape index (κ1) is 17.3. The molecule has 0 aliphatic carbocycles. The number of aromatic nitrogens is 3. The van der Waals surface area contributed by atoms with Crippen LogP contribution in [0, 0.1) is 6.92 Å². The Morgan fingerprint density at radius 3 is 2.64 bits per heavy atom. The number of fused-ring (bicyclic) bond motifs is 1. The van der Waals surface area contributed by atoms with Gasteiger partial charge >= 0.3 is 5.97 Å². The summed E-state index contributed by atoms with van der Waals surface area (Å²) in [6, 6.07) is 16.1. The van der Waals surface area contributed by atoms with Crippen molar-refractivity contribution in [2.45, 2.75) is 6.92 Å². The van der Waals surface area contributed by atoms with E-state index in [2.05, 4.69) is 20.3 Å². The van der Waals surface area contributed by atoms with Gasteiger partial charge in [-0.15, -0.1) is 10.2 Å². The first-order valence-electron chi connectivity index (χ1n) is 8.48. The van der Waals surface area contributed by atoms with Crippen molar-refractivity contribution in [3.05, 3.63) is 71.9 Å². The van der Waals surface area contributed by atoms with Gasteiger partial charge in [-0.1, -0.05) is 35.9 Å². The number of carboxylic acid groups (broad SMARTS) is 1. The maximum Gasteiger partial charge on any atom is 0.335 e. The lowest BCUT2D eigenvalue weighted by molar-refractivity contribution is 0.0697. The van der Waals surface area contributed by atoms with Crippen molar-refractivity contribution in [3.63, 3.8) is 0 Å². The van der Waals surface area contributed by atoms with Gasteiger partial charge in [-0.05, 0) is 31.2 Å². The molecular formula is C20H16N6O2. The Balaban J connectivity index is 1.77. The predicted molar refractivity (Wildman–Crippen MR) is 105 cm³/mol. The van der Waals surface area contributed by atoms with Gasteiger partial charge in [0.2, 0.25) is 0 Å². The molecule has 0 aliphatic rings. The number of nitrogens with two attached hydrogens (primary N) is 1. The number of carbonyl (C=O) groups is 1. The maximum atomic E-state index is 11.1. The van der Waals surface area contributed by atoms with E-state index in [0.717, 1.165) is 16.8 Å². The van der Waals surface area contributed by atoms with Crippen LogP contribution in [0.3, 0.4) is 0 Å². The molecule has 28 heavy (non-hydrogen) atoms. The minimum absolute atomic E-state index is 0.129. The molecular weight excluding hydrogens is 356 g/mol. The van der Waals surface area contributed by atoms with Crippen LogP contribution >= 0.6 is 0 Å². The van der Waals surface area contributed by atoms with Crippen LogP contribution < -0.4 is 5.73 Å². The second-order valence-corrected chi connectivity index (χ2v) is 6.22. The fourth-order valence-electron chi connectivity index (χ4n) is 2.80. The highest BCUT2D eigenvalue weighted by Crippen LogP contribution is 2.31. The van der Waals surface area contributed by atoms with Gasteiger partial charge in [0.15, 0.2) is 17.2 Å². The molecule has 0 radical (unpaired) electrons. The van der Waals surface area contributed by atoms with Crippen LogP contribution in [0.1, 0.15) is 15.9 Å². The molecule has 0 bridgehead atoms. The van der Waals surface area contributed by atoms with Crippen LogP contribution in [0.15, 0.2) is 71.0 Å². The van der Waals surface area contributed by atoms with E-state index in [-0.39, 0.29) is 11.4 Å². The van der Waals surface area contributed by atoms with Crippen molar-refractivity contribution in [2.24, 2.45) is 10.2 Å². The quantitative estimate of drug-likeness (QED) is 0.515. The van der Waals surface area contributed by atoms with E-state index in [0.29, 0.717) is 17.0 Å². The number of hydrogen-bond donors (Lipinski definition) is 2. The molecule has 0 saturated heterocycles. The molecule has 2 aromatic carbocycles. The van der Waals surface area contributed by atoms with E-state index in [4.69, 9.17) is 10.8 Å². The van der Waals surface area contributed by atoms with E-state index >= 15 is 0 Å². The zero-order valence-corrected chi connectivity index (χ0v) is 14.9. The second-order valence-electron chi connectivity index (χ2n) is 6.22. The average Bonchev–Trinajstić information content (AvgIpc) is 3.02. The van der Waals surface area contributed by atoms with Crippen molar-refractivity contribution in [1.29, 1.82) is 0 Å². The van der Waals surface area contributed by atoms with Crippen LogP contribution in [0.4, 0.5) is 17.2 Å². The van der Waals surface area contributed by atoms with Crippen molar-refractivity contribution in [3.8, 4) is 11.3 Å². The van der Waals surface area contributed by atoms with Crippen LogP contribution in [-0.2, 0) is 0 Å². The monoisotopic (exact) mass is 372 g/mol. The highest BCUT2D eigenvalue weighted by molar-refractivity contribution is 5.88. The fourth-order valence-corrected chi connectivity index (χ4v) is 2.80. The molecule has 0 amide bonds. The SMILES string of the molecule is Cc1ccc(-c2ccnc3c(N=Nc4cccc(C(=O)O)c4)c(N)nn23)cc1. The summed E-state index contributed by atoms with van der Waals surface area (Å²) in [5.41, 5.74) is 10.3. The zero-order valence-electron chi connectivity index (χ0n) is 14.9. The van der Waals surface area contributed by atoms with Crippen LogP contribution in [0.5, 0.6) is 0 Å². The smallest absolute Gasteiger partial charge is 0.335 e. The third kappa shape index (κ3) is 3.18. The number of hydrogen-bond acceptors (Lipinski definition) is 6. The number of carboxylic acids is 1. The Bertz CT molecular complexity index is 1210. The number of aromatic carboxylic acids is 1. The molecule has 0 spiro atoms. The van der Waals surface area contributed by atoms with Crippen molar-refractivity contribution in [2.75, 3.05) is 5.73 Å². The van der Waals surface area contributed by atoms with Crippen LogP contribution in [-0.4, -0.2) is 25.7 Å². The standard InChI is InChI=1S/C20H16N6O2/c1-12-5-7-13(8-6-12)16-9-10-22-19-17(18(21)25-26(16)19)24-23-15-4-2-3-14(11-15)20(27)28/h2-11H,1H3,(H2,21,25)(H,27,28). The third-order valence-electron chi connectivity index (χ3n) is 4.23. The number of aryl methyl sites for hydroxylation is 1. The summed E-state index contributed by atoms with van der Waals surface area (Å²) >= 11 is 0. The van der Waals surface area contributed by atoms with E-state index in [1.54, 1.807) is 22.8 Å². The number of benzene rings is 2. The summed E-state index contributed by atoms with van der Waals surface area (Å²) in [6.45, 7) is 2.02. The lowest BCUT2D eigenvalue weighted by atomic mass is 10.1. The Kier molecular flexibility index (Phi) is 4.29. The first-order valence-corrected chi connectivity index (χ1v) is 8.48. The molecule has 4 rings (SSSR count). The fraction of sp³-hybridized carbons (Fsp3) is 0.0500. The molecule has 0 unspecified atom stereocenters. The summed E-state index contributed by atoms with van der Waals surface area (Å²) in [6.07, 6.45) is 1.66. The summed E-state index contributed by atoms with van der Waals surface area (Å²) in [5, 5.41) is 21.7. The van der Waals surface area contributed by atoms with E-state index in [1.807, 2.05) is 37.3 Å². The maximum absolute atomic E-state index is 11.1. The van der Waals surface area contributed by atoms with Gasteiger partial charge < -0.3 is 10.8 Å². The van der Waals surface area contributed by atoms with Gasteiger partial charge in [-0.25, -0.2) is 14.3 Å². The van der Waals surface area contributed by atoms with E-state index in [9.17, 15) is 4.79 Å². The summed E-state index contributed by atoms with van der Waals surface area (Å²) in [7, 11) is 0. The highest BCUT2D eigenvalue weighted by Gasteiger charge is 2.15. The highest BCUT2D eigenvalue weighted by atomic mass is 16.4. The van der Waals surface area contributed by atoms with Crippen molar-refractivity contribution < 1.29 is 9.90 Å². The van der Waals surface area contributed by atoms with Gasteiger partial charge in [-0.2, -0.15) is 5.11 Å². The second kappa shape index (κ2) is 6.92.